The van der Waals surface area contributed by atoms with Gasteiger partial charge in [0.1, 0.15) is 5.75 Å². The first kappa shape index (κ1) is 13.9. The van der Waals surface area contributed by atoms with E-state index in [-0.39, 0.29) is 11.9 Å². The van der Waals surface area contributed by atoms with E-state index in [0.717, 1.165) is 37.2 Å². The number of carbonyl (C=O) groups is 1. The van der Waals surface area contributed by atoms with Crippen LogP contribution in [0, 0.1) is 0 Å². The summed E-state index contributed by atoms with van der Waals surface area (Å²) in [5.74, 6) is 1.06. The summed E-state index contributed by atoms with van der Waals surface area (Å²) in [6, 6.07) is 7.90. The van der Waals surface area contributed by atoms with E-state index >= 15 is 0 Å². The van der Waals surface area contributed by atoms with Crippen molar-refractivity contribution in [3.8, 4) is 5.75 Å². The molecule has 1 amide bonds. The molecule has 104 valence electrons. The first-order chi connectivity index (χ1) is 9.24. The lowest BCUT2D eigenvalue weighted by atomic mass is 10.2. The van der Waals surface area contributed by atoms with Crippen molar-refractivity contribution in [2.24, 2.45) is 0 Å². The lowest BCUT2D eigenvalue weighted by Gasteiger charge is -2.17. The van der Waals surface area contributed by atoms with Crippen LogP contribution in [0.2, 0.25) is 0 Å². The van der Waals surface area contributed by atoms with E-state index in [1.165, 1.54) is 0 Å². The summed E-state index contributed by atoms with van der Waals surface area (Å²) in [5.41, 5.74) is 1.11. The SMILES string of the molecule is CCCNC1CCN(Cc2cccc(OC)c2)C1=O. The molecule has 2 rings (SSSR count). The Balaban J connectivity index is 1.94. The number of hydrogen-bond donors (Lipinski definition) is 1. The van der Waals surface area contributed by atoms with Gasteiger partial charge in [-0.3, -0.25) is 4.79 Å². The Hall–Kier alpha value is -1.55. The standard InChI is InChI=1S/C15H22N2O2/c1-3-8-16-14-7-9-17(15(14)18)11-12-5-4-6-13(10-12)19-2/h4-6,10,14,16H,3,7-9,11H2,1-2H3. The fourth-order valence-electron chi connectivity index (χ4n) is 2.40. The molecule has 0 radical (unpaired) electrons. The van der Waals surface area contributed by atoms with Crippen LogP contribution in [0.1, 0.15) is 25.3 Å². The molecule has 1 fully saturated rings. The van der Waals surface area contributed by atoms with Gasteiger partial charge in [0.25, 0.3) is 0 Å². The van der Waals surface area contributed by atoms with Gasteiger partial charge in [-0.2, -0.15) is 0 Å². The molecular weight excluding hydrogens is 240 g/mol. The van der Waals surface area contributed by atoms with Gasteiger partial charge >= 0.3 is 0 Å². The van der Waals surface area contributed by atoms with E-state index in [4.69, 9.17) is 4.74 Å². The van der Waals surface area contributed by atoms with Crippen LogP contribution in [-0.4, -0.2) is 37.0 Å². The number of rotatable bonds is 6. The topological polar surface area (TPSA) is 41.6 Å². The Morgan fingerprint density at radius 3 is 3.05 bits per heavy atom. The second-order valence-corrected chi connectivity index (χ2v) is 4.91. The number of ether oxygens (including phenoxy) is 1. The van der Waals surface area contributed by atoms with E-state index in [2.05, 4.69) is 12.2 Å². The van der Waals surface area contributed by atoms with Gasteiger partial charge < -0.3 is 15.0 Å². The van der Waals surface area contributed by atoms with Gasteiger partial charge in [0.05, 0.1) is 13.2 Å². The molecule has 1 saturated heterocycles. The van der Waals surface area contributed by atoms with E-state index in [1.807, 2.05) is 29.2 Å². The zero-order valence-electron chi connectivity index (χ0n) is 11.7. The van der Waals surface area contributed by atoms with Gasteiger partial charge in [0, 0.05) is 13.1 Å². The maximum absolute atomic E-state index is 12.2. The van der Waals surface area contributed by atoms with Crippen molar-refractivity contribution in [3.05, 3.63) is 29.8 Å². The molecule has 1 heterocycles. The largest absolute Gasteiger partial charge is 0.497 e. The molecule has 1 aliphatic heterocycles. The second kappa shape index (κ2) is 6.57. The fraction of sp³-hybridized carbons (Fsp3) is 0.533. The van der Waals surface area contributed by atoms with Crippen LogP contribution >= 0.6 is 0 Å². The number of methoxy groups -OCH3 is 1. The maximum atomic E-state index is 12.2. The Bertz CT molecular complexity index is 434. The Morgan fingerprint density at radius 1 is 1.47 bits per heavy atom. The molecule has 0 saturated carbocycles. The van der Waals surface area contributed by atoms with Crippen LogP contribution < -0.4 is 10.1 Å². The van der Waals surface area contributed by atoms with Crippen molar-refractivity contribution in [2.75, 3.05) is 20.2 Å². The first-order valence-corrected chi connectivity index (χ1v) is 6.89. The van der Waals surface area contributed by atoms with Crippen molar-refractivity contribution in [2.45, 2.75) is 32.4 Å². The van der Waals surface area contributed by atoms with Crippen LogP contribution in [0.15, 0.2) is 24.3 Å². The number of hydrogen-bond acceptors (Lipinski definition) is 3. The second-order valence-electron chi connectivity index (χ2n) is 4.91. The Kier molecular flexibility index (Phi) is 4.80. The summed E-state index contributed by atoms with van der Waals surface area (Å²) in [6.07, 6.45) is 1.96. The Labute approximate surface area is 114 Å². The molecule has 0 aromatic heterocycles. The van der Waals surface area contributed by atoms with Crippen LogP contribution in [0.3, 0.4) is 0 Å². The molecule has 1 aliphatic rings. The first-order valence-electron chi connectivity index (χ1n) is 6.89. The van der Waals surface area contributed by atoms with Crippen LogP contribution in [0.4, 0.5) is 0 Å². The maximum Gasteiger partial charge on any atom is 0.240 e. The minimum atomic E-state index is 0.00515. The molecule has 1 atom stereocenters. The average molecular weight is 262 g/mol. The lowest BCUT2D eigenvalue weighted by Crippen LogP contribution is -2.38. The number of amides is 1. The van der Waals surface area contributed by atoms with E-state index < -0.39 is 0 Å². The third kappa shape index (κ3) is 3.47. The van der Waals surface area contributed by atoms with Crippen LogP contribution in [0.25, 0.3) is 0 Å². The molecule has 0 spiro atoms. The molecule has 1 aromatic rings. The molecule has 19 heavy (non-hydrogen) atoms. The molecule has 1 N–H and O–H groups in total. The molecule has 1 aromatic carbocycles. The molecule has 0 aliphatic carbocycles. The monoisotopic (exact) mass is 262 g/mol. The highest BCUT2D eigenvalue weighted by Crippen LogP contribution is 2.18. The van der Waals surface area contributed by atoms with E-state index in [0.29, 0.717) is 6.54 Å². The molecule has 1 unspecified atom stereocenters. The van der Waals surface area contributed by atoms with Gasteiger partial charge in [0.15, 0.2) is 0 Å². The zero-order valence-corrected chi connectivity index (χ0v) is 11.7. The molecule has 0 bridgehead atoms. The fourth-order valence-corrected chi connectivity index (χ4v) is 2.40. The predicted molar refractivity (Wildman–Crippen MR) is 75.1 cm³/mol. The quantitative estimate of drug-likeness (QED) is 0.850. The summed E-state index contributed by atoms with van der Waals surface area (Å²) in [4.78, 5) is 14.1. The van der Waals surface area contributed by atoms with Crippen molar-refractivity contribution in [1.82, 2.24) is 10.2 Å². The van der Waals surface area contributed by atoms with E-state index in [1.54, 1.807) is 7.11 Å². The third-order valence-electron chi connectivity index (χ3n) is 3.45. The predicted octanol–water partition coefficient (Wildman–Crippen LogP) is 1.80. The number of carbonyl (C=O) groups excluding carboxylic acids is 1. The Morgan fingerprint density at radius 2 is 2.32 bits per heavy atom. The zero-order chi connectivity index (χ0) is 13.7. The minimum absolute atomic E-state index is 0.00515. The summed E-state index contributed by atoms with van der Waals surface area (Å²) in [6.45, 7) is 4.52. The van der Waals surface area contributed by atoms with Crippen molar-refractivity contribution < 1.29 is 9.53 Å². The number of benzene rings is 1. The summed E-state index contributed by atoms with van der Waals surface area (Å²) < 4.78 is 5.20. The number of nitrogens with one attached hydrogen (secondary N) is 1. The number of likely N-dealkylation sites (tertiary alicyclic amines) is 1. The van der Waals surface area contributed by atoms with Gasteiger partial charge in [0.2, 0.25) is 5.91 Å². The highest BCUT2D eigenvalue weighted by atomic mass is 16.5. The third-order valence-corrected chi connectivity index (χ3v) is 3.45. The minimum Gasteiger partial charge on any atom is -0.497 e. The van der Waals surface area contributed by atoms with E-state index in [9.17, 15) is 4.79 Å². The summed E-state index contributed by atoms with van der Waals surface area (Å²) in [5, 5.41) is 3.30. The van der Waals surface area contributed by atoms with Crippen molar-refractivity contribution >= 4 is 5.91 Å². The molecule has 4 heteroatoms. The normalized spacial score (nSPS) is 18.9. The average Bonchev–Trinajstić information content (AvgIpc) is 2.78. The van der Waals surface area contributed by atoms with Gasteiger partial charge in [-0.15, -0.1) is 0 Å². The van der Waals surface area contributed by atoms with Crippen LogP contribution in [-0.2, 0) is 11.3 Å². The smallest absolute Gasteiger partial charge is 0.240 e. The van der Waals surface area contributed by atoms with Gasteiger partial charge in [-0.1, -0.05) is 19.1 Å². The van der Waals surface area contributed by atoms with Crippen molar-refractivity contribution in [1.29, 1.82) is 0 Å². The highest BCUT2D eigenvalue weighted by Gasteiger charge is 2.30. The van der Waals surface area contributed by atoms with Gasteiger partial charge in [-0.05, 0) is 37.1 Å². The molecule has 4 nitrogen and oxygen atoms in total. The highest BCUT2D eigenvalue weighted by molar-refractivity contribution is 5.83. The van der Waals surface area contributed by atoms with Gasteiger partial charge in [-0.25, -0.2) is 0 Å². The molecular formula is C15H22N2O2. The van der Waals surface area contributed by atoms with Crippen molar-refractivity contribution in [3.63, 3.8) is 0 Å². The summed E-state index contributed by atoms with van der Waals surface area (Å²) in [7, 11) is 1.66. The summed E-state index contributed by atoms with van der Waals surface area (Å²) >= 11 is 0. The number of nitrogens with zero attached hydrogens (tertiary/aromatic N) is 1. The van der Waals surface area contributed by atoms with Crippen LogP contribution in [0.5, 0.6) is 5.75 Å². The lowest BCUT2D eigenvalue weighted by molar-refractivity contribution is -0.129.